The maximum Gasteiger partial charge on any atom is 0.331 e. The molecule has 0 amide bonds. The van der Waals surface area contributed by atoms with Gasteiger partial charge in [-0.3, -0.25) is 0 Å². The average Bonchev–Trinajstić information content (AvgIpc) is 2.95. The second-order valence-electron chi connectivity index (χ2n) is 12.8. The SMILES string of the molecule is CC(C)[C@@H]1OC(=O)C=CC=CC=CC=CC=CC[C@H](O)[C@H](C)[C@H](O)C[C@H](O)C[C@H](O)C[C@@H](O)C[C@H](O)C[C@@H](O)C[C@@H](O)C=C[C@@H]1C. The lowest BCUT2D eigenvalue weighted by Gasteiger charge is -2.26. The molecule has 0 saturated carbocycles. The maximum absolute atomic E-state index is 12.4. The standard InChI is InChI=1S/C36H58O10/c1-24(2)36-25(3)16-17-27(37)18-28(38)19-29(39)20-30(40)21-31(41)22-32(42)23-34(44)26(4)33(43)14-12-10-8-6-5-7-9-11-13-15-35(45)46-36/h5-13,15-17,24-34,36-44H,14,18-23H2,1-4H3/t25-,26-,27-,28-,29+,30-,31+,32+,33-,34+,36-/m0/s1. The normalized spacial score (nSPS) is 36.2. The van der Waals surface area contributed by atoms with Crippen LogP contribution in [0.15, 0.2) is 72.9 Å². The molecule has 0 aromatic rings. The lowest BCUT2D eigenvalue weighted by atomic mass is 9.90. The van der Waals surface area contributed by atoms with Gasteiger partial charge in [-0.15, -0.1) is 0 Å². The van der Waals surface area contributed by atoms with E-state index < -0.39 is 66.8 Å². The Morgan fingerprint density at radius 1 is 0.609 bits per heavy atom. The zero-order valence-electron chi connectivity index (χ0n) is 27.7. The first-order valence-corrected chi connectivity index (χ1v) is 16.4. The van der Waals surface area contributed by atoms with Crippen molar-refractivity contribution in [3.8, 4) is 0 Å². The average molecular weight is 651 g/mol. The summed E-state index contributed by atoms with van der Waals surface area (Å²) in [6.07, 6.45) is 11.3. The highest BCUT2D eigenvalue weighted by Crippen LogP contribution is 2.22. The lowest BCUT2D eigenvalue weighted by molar-refractivity contribution is -0.147. The summed E-state index contributed by atoms with van der Waals surface area (Å²) in [5, 5.41) is 83.2. The number of aliphatic hydroxyl groups is 8. The molecule has 0 fully saturated rings. The molecule has 262 valence electrons. The summed E-state index contributed by atoms with van der Waals surface area (Å²) in [6, 6.07) is 0. The van der Waals surface area contributed by atoms with Crippen molar-refractivity contribution in [1.29, 1.82) is 0 Å². The number of allylic oxidation sites excluding steroid dienone is 8. The van der Waals surface area contributed by atoms with Gasteiger partial charge in [0.1, 0.15) is 6.10 Å². The van der Waals surface area contributed by atoms with Crippen LogP contribution in [0.25, 0.3) is 0 Å². The Morgan fingerprint density at radius 2 is 1.07 bits per heavy atom. The third-order valence-corrected chi connectivity index (χ3v) is 8.01. The first-order chi connectivity index (χ1) is 21.7. The Hall–Kier alpha value is -2.41. The van der Waals surface area contributed by atoms with Crippen molar-refractivity contribution in [3.05, 3.63) is 72.9 Å². The summed E-state index contributed by atoms with van der Waals surface area (Å²) in [4.78, 5) is 12.4. The van der Waals surface area contributed by atoms with E-state index in [0.29, 0.717) is 6.42 Å². The minimum Gasteiger partial charge on any atom is -0.458 e. The van der Waals surface area contributed by atoms with Crippen LogP contribution in [0.5, 0.6) is 0 Å². The second kappa shape index (κ2) is 23.0. The summed E-state index contributed by atoms with van der Waals surface area (Å²) >= 11 is 0. The van der Waals surface area contributed by atoms with Gasteiger partial charge in [0, 0.05) is 24.3 Å². The number of esters is 1. The molecule has 1 aliphatic heterocycles. The first-order valence-electron chi connectivity index (χ1n) is 16.4. The van der Waals surface area contributed by atoms with Gasteiger partial charge in [-0.2, -0.15) is 0 Å². The van der Waals surface area contributed by atoms with Crippen molar-refractivity contribution in [2.75, 3.05) is 0 Å². The maximum atomic E-state index is 12.4. The van der Waals surface area contributed by atoms with E-state index in [2.05, 4.69) is 0 Å². The van der Waals surface area contributed by atoms with E-state index in [0.717, 1.165) is 0 Å². The van der Waals surface area contributed by atoms with Crippen LogP contribution in [0, 0.1) is 17.8 Å². The van der Waals surface area contributed by atoms with E-state index in [9.17, 15) is 45.6 Å². The van der Waals surface area contributed by atoms with E-state index in [4.69, 9.17) is 4.74 Å². The fourth-order valence-corrected chi connectivity index (χ4v) is 5.31. The van der Waals surface area contributed by atoms with E-state index in [1.807, 2.05) is 20.8 Å². The molecular weight excluding hydrogens is 592 g/mol. The topological polar surface area (TPSA) is 188 Å². The molecule has 10 nitrogen and oxygen atoms in total. The molecule has 1 heterocycles. The largest absolute Gasteiger partial charge is 0.458 e. The predicted octanol–water partition coefficient (Wildman–Crippen LogP) is 2.80. The number of carbonyl (C=O) groups excluding carboxylic acids is 1. The molecule has 10 heteroatoms. The molecular formula is C36H58O10. The van der Waals surface area contributed by atoms with Crippen molar-refractivity contribution in [1.82, 2.24) is 0 Å². The van der Waals surface area contributed by atoms with Crippen LogP contribution in [0.3, 0.4) is 0 Å². The van der Waals surface area contributed by atoms with Crippen LogP contribution >= 0.6 is 0 Å². The molecule has 11 atom stereocenters. The van der Waals surface area contributed by atoms with E-state index >= 15 is 0 Å². The summed E-state index contributed by atoms with van der Waals surface area (Å²) in [5.74, 6) is -1.25. The molecule has 1 rings (SSSR count). The Balaban J connectivity index is 2.98. The van der Waals surface area contributed by atoms with Crippen LogP contribution in [-0.4, -0.2) is 102 Å². The van der Waals surface area contributed by atoms with Gasteiger partial charge in [-0.05, 0) is 44.4 Å². The van der Waals surface area contributed by atoms with Crippen LogP contribution in [0.4, 0.5) is 0 Å². The molecule has 0 spiro atoms. The fourth-order valence-electron chi connectivity index (χ4n) is 5.31. The van der Waals surface area contributed by atoms with Crippen LogP contribution in [0.1, 0.15) is 72.6 Å². The van der Waals surface area contributed by atoms with Gasteiger partial charge in [-0.25, -0.2) is 4.79 Å². The Morgan fingerprint density at radius 3 is 1.59 bits per heavy atom. The zero-order valence-corrected chi connectivity index (χ0v) is 27.7. The van der Waals surface area contributed by atoms with Gasteiger partial charge in [-0.1, -0.05) is 94.5 Å². The van der Waals surface area contributed by atoms with Gasteiger partial charge >= 0.3 is 5.97 Å². The van der Waals surface area contributed by atoms with Crippen molar-refractivity contribution < 1.29 is 50.4 Å². The zero-order chi connectivity index (χ0) is 34.6. The molecule has 8 N–H and O–H groups in total. The fraction of sp³-hybridized carbons (Fsp3) is 0.639. The molecule has 0 aromatic heterocycles. The highest BCUT2D eigenvalue weighted by atomic mass is 16.5. The van der Waals surface area contributed by atoms with Crippen molar-refractivity contribution in [2.24, 2.45) is 17.8 Å². The number of hydrogen-bond acceptors (Lipinski definition) is 10. The van der Waals surface area contributed by atoms with E-state index in [-0.39, 0.29) is 50.4 Å². The number of rotatable bonds is 1. The highest BCUT2D eigenvalue weighted by Gasteiger charge is 2.27. The third kappa shape index (κ3) is 18.7. The van der Waals surface area contributed by atoms with Crippen LogP contribution < -0.4 is 0 Å². The summed E-state index contributed by atoms with van der Waals surface area (Å²) in [6.45, 7) is 7.40. The number of hydrogen-bond donors (Lipinski definition) is 8. The summed E-state index contributed by atoms with van der Waals surface area (Å²) < 4.78 is 5.65. The molecule has 0 radical (unpaired) electrons. The number of aliphatic hydroxyl groups excluding tert-OH is 8. The summed E-state index contributed by atoms with van der Waals surface area (Å²) in [5.41, 5.74) is 0. The highest BCUT2D eigenvalue weighted by molar-refractivity contribution is 5.82. The van der Waals surface area contributed by atoms with Crippen molar-refractivity contribution >= 4 is 5.97 Å². The number of cyclic esters (lactones) is 1. The Labute approximate surface area is 274 Å². The van der Waals surface area contributed by atoms with Gasteiger partial charge < -0.3 is 45.6 Å². The van der Waals surface area contributed by atoms with Gasteiger partial charge in [0.15, 0.2) is 0 Å². The lowest BCUT2D eigenvalue weighted by Crippen LogP contribution is -2.34. The van der Waals surface area contributed by atoms with Gasteiger partial charge in [0.05, 0.1) is 48.8 Å². The number of ether oxygens (including phenoxy) is 1. The first kappa shape index (κ1) is 41.6. The molecule has 46 heavy (non-hydrogen) atoms. The van der Waals surface area contributed by atoms with E-state index in [1.165, 1.54) is 12.2 Å². The molecule has 1 aliphatic rings. The van der Waals surface area contributed by atoms with Crippen LogP contribution in [0.2, 0.25) is 0 Å². The minimum atomic E-state index is -1.10. The predicted molar refractivity (Wildman–Crippen MR) is 178 cm³/mol. The number of carbonyl (C=O) groups is 1. The molecule has 0 aromatic carbocycles. The van der Waals surface area contributed by atoms with Crippen molar-refractivity contribution in [3.63, 3.8) is 0 Å². The third-order valence-electron chi connectivity index (χ3n) is 8.01. The quantitative estimate of drug-likeness (QED) is 0.155. The smallest absolute Gasteiger partial charge is 0.331 e. The summed E-state index contributed by atoms with van der Waals surface area (Å²) in [7, 11) is 0. The molecule has 0 aliphatic carbocycles. The Kier molecular flexibility index (Phi) is 20.8. The molecule has 0 bridgehead atoms. The molecule has 0 unspecified atom stereocenters. The molecule has 0 saturated heterocycles. The second-order valence-corrected chi connectivity index (χ2v) is 12.8. The van der Waals surface area contributed by atoms with Gasteiger partial charge in [0.2, 0.25) is 0 Å². The van der Waals surface area contributed by atoms with Crippen molar-refractivity contribution in [2.45, 2.75) is 128 Å². The van der Waals surface area contributed by atoms with Crippen LogP contribution in [-0.2, 0) is 9.53 Å². The minimum absolute atomic E-state index is 0.00324. The monoisotopic (exact) mass is 650 g/mol. The van der Waals surface area contributed by atoms with Gasteiger partial charge in [0.25, 0.3) is 0 Å². The van der Waals surface area contributed by atoms with E-state index in [1.54, 1.807) is 67.7 Å². The Bertz CT molecular complexity index is 1020.